The number of carbonyl (C=O) groups is 1. The molecule has 0 aliphatic carbocycles. The predicted octanol–water partition coefficient (Wildman–Crippen LogP) is 3.48. The highest BCUT2D eigenvalue weighted by Gasteiger charge is 2.07. The molecule has 1 aromatic carbocycles. The molecule has 18 heavy (non-hydrogen) atoms. The molecule has 0 amide bonds. The molecule has 1 aromatic heterocycles. The van der Waals surface area contributed by atoms with Crippen molar-refractivity contribution in [2.45, 2.75) is 39.7 Å². The van der Waals surface area contributed by atoms with E-state index in [1.165, 1.54) is 5.56 Å². The zero-order valence-corrected chi connectivity index (χ0v) is 11.1. The van der Waals surface area contributed by atoms with E-state index in [4.69, 9.17) is 4.74 Å². The van der Waals surface area contributed by atoms with Gasteiger partial charge in [-0.25, -0.2) is 0 Å². The number of nitrogens with one attached hydrogen (secondary N) is 1. The fourth-order valence-electron chi connectivity index (χ4n) is 2.02. The van der Waals surface area contributed by atoms with Gasteiger partial charge in [-0.3, -0.25) is 0 Å². The van der Waals surface area contributed by atoms with Crippen molar-refractivity contribution in [3.63, 3.8) is 0 Å². The van der Waals surface area contributed by atoms with Crippen molar-refractivity contribution in [1.29, 1.82) is 0 Å². The number of ketones is 1. The third-order valence-corrected chi connectivity index (χ3v) is 2.86. The molecule has 0 saturated heterocycles. The Bertz CT molecular complexity index is 555. The highest BCUT2D eigenvalue weighted by molar-refractivity contribution is 5.85. The van der Waals surface area contributed by atoms with E-state index < -0.39 is 0 Å². The van der Waals surface area contributed by atoms with E-state index in [0.29, 0.717) is 6.42 Å². The van der Waals surface area contributed by atoms with Gasteiger partial charge in [-0.05, 0) is 51.0 Å². The molecule has 0 aliphatic rings. The topological polar surface area (TPSA) is 42.1 Å². The van der Waals surface area contributed by atoms with E-state index in [-0.39, 0.29) is 11.9 Å². The Morgan fingerprint density at radius 2 is 2.17 bits per heavy atom. The smallest absolute Gasteiger partial charge is 0.130 e. The molecule has 0 fully saturated rings. The average Bonchev–Trinajstić information content (AvgIpc) is 2.68. The van der Waals surface area contributed by atoms with Gasteiger partial charge in [-0.15, -0.1) is 0 Å². The predicted molar refractivity (Wildman–Crippen MR) is 73.1 cm³/mol. The number of aromatic amines is 1. The molecule has 2 aromatic rings. The summed E-state index contributed by atoms with van der Waals surface area (Å²) in [5.41, 5.74) is 2.26. The molecule has 0 radical (unpaired) electrons. The van der Waals surface area contributed by atoms with Crippen LogP contribution >= 0.6 is 0 Å². The summed E-state index contributed by atoms with van der Waals surface area (Å²) in [6.07, 6.45) is 3.51. The van der Waals surface area contributed by atoms with Crippen LogP contribution in [0.3, 0.4) is 0 Å². The van der Waals surface area contributed by atoms with Crippen LogP contribution in [-0.2, 0) is 11.2 Å². The second-order valence-electron chi connectivity index (χ2n) is 4.89. The lowest BCUT2D eigenvalue weighted by molar-refractivity contribution is -0.116. The van der Waals surface area contributed by atoms with Crippen LogP contribution in [0.25, 0.3) is 10.9 Å². The molecule has 3 heteroatoms. The summed E-state index contributed by atoms with van der Waals surface area (Å²) in [5, 5.41) is 1.15. The normalized spacial score (nSPS) is 11.1. The number of fused-ring (bicyclic) bond motifs is 1. The van der Waals surface area contributed by atoms with Gasteiger partial charge in [0, 0.05) is 23.5 Å². The number of Topliss-reactive ketones (excluding diaryl/α,β-unsaturated/α-hetero) is 1. The van der Waals surface area contributed by atoms with E-state index >= 15 is 0 Å². The van der Waals surface area contributed by atoms with Gasteiger partial charge in [0.05, 0.1) is 6.10 Å². The summed E-state index contributed by atoms with van der Waals surface area (Å²) in [6, 6.07) is 6.03. The molecule has 3 nitrogen and oxygen atoms in total. The van der Waals surface area contributed by atoms with Gasteiger partial charge in [-0.1, -0.05) is 0 Å². The Hall–Kier alpha value is -1.77. The van der Waals surface area contributed by atoms with Crippen LogP contribution in [0.4, 0.5) is 0 Å². The van der Waals surface area contributed by atoms with E-state index in [1.807, 2.05) is 38.2 Å². The lowest BCUT2D eigenvalue weighted by atomic mass is 10.1. The molecule has 0 spiro atoms. The van der Waals surface area contributed by atoms with Crippen molar-refractivity contribution in [2.24, 2.45) is 0 Å². The van der Waals surface area contributed by atoms with Crippen LogP contribution in [0.1, 0.15) is 32.8 Å². The molecule has 0 aliphatic heterocycles. The maximum Gasteiger partial charge on any atom is 0.130 e. The molecule has 1 N–H and O–H groups in total. The number of H-pyrrole nitrogens is 1. The van der Waals surface area contributed by atoms with Crippen LogP contribution < -0.4 is 4.74 Å². The molecule has 0 saturated carbocycles. The number of carbonyl (C=O) groups excluding carboxylic acids is 1. The minimum Gasteiger partial charge on any atom is -0.491 e. The lowest BCUT2D eigenvalue weighted by Gasteiger charge is -2.09. The van der Waals surface area contributed by atoms with Gasteiger partial charge in [0.15, 0.2) is 0 Å². The number of rotatable bonds is 5. The van der Waals surface area contributed by atoms with Crippen LogP contribution in [0, 0.1) is 0 Å². The Morgan fingerprint density at radius 3 is 2.83 bits per heavy atom. The van der Waals surface area contributed by atoms with Crippen molar-refractivity contribution < 1.29 is 9.53 Å². The molecule has 1 heterocycles. The van der Waals surface area contributed by atoms with Crippen molar-refractivity contribution in [3.8, 4) is 5.75 Å². The summed E-state index contributed by atoms with van der Waals surface area (Å²) in [5.74, 6) is 1.10. The summed E-state index contributed by atoms with van der Waals surface area (Å²) in [6.45, 7) is 5.65. The number of hydrogen-bond donors (Lipinski definition) is 1. The highest BCUT2D eigenvalue weighted by Crippen LogP contribution is 2.25. The zero-order valence-electron chi connectivity index (χ0n) is 11.1. The zero-order chi connectivity index (χ0) is 13.1. The second-order valence-corrected chi connectivity index (χ2v) is 4.89. The van der Waals surface area contributed by atoms with Gasteiger partial charge in [0.2, 0.25) is 0 Å². The van der Waals surface area contributed by atoms with E-state index in [2.05, 4.69) is 4.98 Å². The van der Waals surface area contributed by atoms with Crippen molar-refractivity contribution in [2.75, 3.05) is 0 Å². The van der Waals surface area contributed by atoms with Crippen molar-refractivity contribution in [1.82, 2.24) is 4.98 Å². The van der Waals surface area contributed by atoms with Crippen LogP contribution in [0.15, 0.2) is 24.4 Å². The standard InChI is InChI=1S/C15H19NO2/c1-10(2)18-13-6-7-15-14(8-13)12(9-16-15)5-4-11(3)17/h6-10,16H,4-5H2,1-3H3. The number of hydrogen-bond acceptors (Lipinski definition) is 2. The lowest BCUT2D eigenvalue weighted by Crippen LogP contribution is -2.05. The third-order valence-electron chi connectivity index (χ3n) is 2.86. The van der Waals surface area contributed by atoms with Crippen LogP contribution in [0.2, 0.25) is 0 Å². The first-order valence-corrected chi connectivity index (χ1v) is 6.32. The monoisotopic (exact) mass is 245 g/mol. The highest BCUT2D eigenvalue weighted by atomic mass is 16.5. The van der Waals surface area contributed by atoms with Crippen molar-refractivity contribution in [3.05, 3.63) is 30.0 Å². The first kappa shape index (κ1) is 12.7. The van der Waals surface area contributed by atoms with E-state index in [9.17, 15) is 4.79 Å². The van der Waals surface area contributed by atoms with Gasteiger partial charge >= 0.3 is 0 Å². The molecule has 2 rings (SSSR count). The number of benzene rings is 1. The first-order chi connectivity index (χ1) is 8.56. The van der Waals surface area contributed by atoms with Gasteiger partial charge in [-0.2, -0.15) is 0 Å². The molecular weight excluding hydrogens is 226 g/mol. The molecule has 0 atom stereocenters. The number of aromatic nitrogens is 1. The summed E-state index contributed by atoms with van der Waals surface area (Å²) in [7, 11) is 0. The van der Waals surface area contributed by atoms with E-state index in [1.54, 1.807) is 6.92 Å². The Morgan fingerprint density at radius 1 is 1.39 bits per heavy atom. The summed E-state index contributed by atoms with van der Waals surface area (Å²) in [4.78, 5) is 14.3. The molecule has 96 valence electrons. The Kier molecular flexibility index (Phi) is 3.70. The Labute approximate surface area is 107 Å². The molecule has 0 unspecified atom stereocenters. The number of ether oxygens (including phenoxy) is 1. The number of aryl methyl sites for hydroxylation is 1. The van der Waals surface area contributed by atoms with Crippen molar-refractivity contribution >= 4 is 16.7 Å². The molecule has 0 bridgehead atoms. The maximum atomic E-state index is 11.1. The van der Waals surface area contributed by atoms with E-state index in [0.717, 1.165) is 23.1 Å². The second kappa shape index (κ2) is 5.25. The Balaban J connectivity index is 2.28. The third kappa shape index (κ3) is 2.92. The maximum absolute atomic E-state index is 11.1. The fourth-order valence-corrected chi connectivity index (χ4v) is 2.02. The quantitative estimate of drug-likeness (QED) is 0.876. The van der Waals surface area contributed by atoms with Crippen LogP contribution in [-0.4, -0.2) is 16.9 Å². The largest absolute Gasteiger partial charge is 0.491 e. The average molecular weight is 245 g/mol. The fraction of sp³-hybridized carbons (Fsp3) is 0.400. The van der Waals surface area contributed by atoms with Gasteiger partial charge < -0.3 is 14.5 Å². The van der Waals surface area contributed by atoms with Gasteiger partial charge in [0.1, 0.15) is 11.5 Å². The minimum atomic E-state index is 0.169. The first-order valence-electron chi connectivity index (χ1n) is 6.32. The van der Waals surface area contributed by atoms with Crippen LogP contribution in [0.5, 0.6) is 5.75 Å². The molecular formula is C15H19NO2. The van der Waals surface area contributed by atoms with Gasteiger partial charge in [0.25, 0.3) is 0 Å². The SMILES string of the molecule is CC(=O)CCc1c[nH]c2ccc(OC(C)C)cc12. The minimum absolute atomic E-state index is 0.169. The summed E-state index contributed by atoms with van der Waals surface area (Å²) < 4.78 is 5.69. The summed E-state index contributed by atoms with van der Waals surface area (Å²) >= 11 is 0.